The van der Waals surface area contributed by atoms with Crippen molar-refractivity contribution in [2.45, 2.75) is 13.8 Å². The molecule has 0 fully saturated rings. The van der Waals surface area contributed by atoms with E-state index in [-0.39, 0.29) is 11.2 Å². The lowest BCUT2D eigenvalue weighted by atomic mass is 10.00. The van der Waals surface area contributed by atoms with Gasteiger partial charge in [0.25, 0.3) is 5.56 Å². The van der Waals surface area contributed by atoms with Gasteiger partial charge in [0.15, 0.2) is 0 Å². The minimum Gasteiger partial charge on any atom is -0.304 e. The molecule has 4 aromatic rings. The summed E-state index contributed by atoms with van der Waals surface area (Å²) in [5, 5.41) is 0. The van der Waals surface area contributed by atoms with Crippen molar-refractivity contribution in [3.8, 4) is 22.5 Å². The lowest BCUT2D eigenvalue weighted by molar-refractivity contribution is 0.694. The maximum atomic E-state index is 13.1. The molecule has 27 heavy (non-hydrogen) atoms. The van der Waals surface area contributed by atoms with Crippen LogP contribution in [-0.4, -0.2) is 18.5 Å². The average Bonchev–Trinajstić information content (AvgIpc) is 3.09. The number of hydrogen-bond donors (Lipinski definition) is 0. The summed E-state index contributed by atoms with van der Waals surface area (Å²) in [5.74, 6) is 0. The summed E-state index contributed by atoms with van der Waals surface area (Å²) in [6, 6.07) is 13.6. The highest BCUT2D eigenvalue weighted by Crippen LogP contribution is 2.30. The van der Waals surface area contributed by atoms with E-state index in [0.29, 0.717) is 17.0 Å². The Labute approximate surface area is 156 Å². The van der Waals surface area contributed by atoms with E-state index < -0.39 is 0 Å². The Bertz CT molecular complexity index is 1310. The second kappa shape index (κ2) is 6.09. The monoisotopic (exact) mass is 360 g/mol. The molecule has 0 bridgehead atoms. The molecule has 6 heteroatoms. The highest BCUT2D eigenvalue weighted by Gasteiger charge is 2.22. The lowest BCUT2D eigenvalue weighted by Crippen LogP contribution is -2.39. The predicted molar refractivity (Wildman–Crippen MR) is 106 cm³/mol. The van der Waals surface area contributed by atoms with Crippen LogP contribution in [0.25, 0.3) is 28.2 Å². The first kappa shape index (κ1) is 17.0. The summed E-state index contributed by atoms with van der Waals surface area (Å²) >= 11 is 0. The van der Waals surface area contributed by atoms with Gasteiger partial charge in [-0.2, -0.15) is 0 Å². The number of imidazole rings is 1. The van der Waals surface area contributed by atoms with E-state index in [2.05, 4.69) is 4.98 Å². The zero-order chi connectivity index (χ0) is 19.3. The van der Waals surface area contributed by atoms with Crippen LogP contribution in [-0.2, 0) is 14.1 Å². The largest absolute Gasteiger partial charge is 0.330 e. The molecule has 6 nitrogen and oxygen atoms in total. The SMILES string of the molecule is Cc1ccccc1-c1c(-c2cn3c(C)cccc3n2)c(=O)n(C)c(=O)n1C. The molecular formula is C21H20N4O2. The Morgan fingerprint density at radius 3 is 2.33 bits per heavy atom. The zero-order valence-corrected chi connectivity index (χ0v) is 15.7. The molecular weight excluding hydrogens is 340 g/mol. The van der Waals surface area contributed by atoms with Gasteiger partial charge in [-0.3, -0.25) is 13.9 Å². The summed E-state index contributed by atoms with van der Waals surface area (Å²) < 4.78 is 4.60. The summed E-state index contributed by atoms with van der Waals surface area (Å²) in [6.07, 6.45) is 1.85. The number of benzene rings is 1. The highest BCUT2D eigenvalue weighted by molar-refractivity contribution is 5.81. The quantitative estimate of drug-likeness (QED) is 0.552. The van der Waals surface area contributed by atoms with Crippen molar-refractivity contribution in [1.82, 2.24) is 18.5 Å². The van der Waals surface area contributed by atoms with Gasteiger partial charge in [0.2, 0.25) is 0 Å². The summed E-state index contributed by atoms with van der Waals surface area (Å²) in [6.45, 7) is 3.95. The molecule has 0 spiro atoms. The van der Waals surface area contributed by atoms with E-state index in [4.69, 9.17) is 0 Å². The first-order valence-corrected chi connectivity index (χ1v) is 8.71. The van der Waals surface area contributed by atoms with E-state index >= 15 is 0 Å². The average molecular weight is 360 g/mol. The highest BCUT2D eigenvalue weighted by atomic mass is 16.2. The molecule has 0 aliphatic heterocycles. The van der Waals surface area contributed by atoms with Gasteiger partial charge < -0.3 is 4.40 Å². The molecule has 0 aliphatic carbocycles. The molecule has 3 aromatic heterocycles. The summed E-state index contributed by atoms with van der Waals surface area (Å²) in [4.78, 5) is 30.4. The maximum absolute atomic E-state index is 13.1. The first-order chi connectivity index (χ1) is 12.9. The van der Waals surface area contributed by atoms with E-state index in [9.17, 15) is 9.59 Å². The van der Waals surface area contributed by atoms with E-state index in [0.717, 1.165) is 27.0 Å². The van der Waals surface area contributed by atoms with Crippen LogP contribution >= 0.6 is 0 Å². The fraction of sp³-hybridized carbons (Fsp3) is 0.190. The Kier molecular flexibility index (Phi) is 3.84. The molecule has 3 heterocycles. The fourth-order valence-corrected chi connectivity index (χ4v) is 3.50. The van der Waals surface area contributed by atoms with Gasteiger partial charge in [0, 0.05) is 31.5 Å². The molecule has 0 saturated heterocycles. The third kappa shape index (κ3) is 2.52. The molecule has 1 aromatic carbocycles. The van der Waals surface area contributed by atoms with Crippen molar-refractivity contribution >= 4 is 5.65 Å². The van der Waals surface area contributed by atoms with E-state index in [1.165, 1.54) is 11.6 Å². The van der Waals surface area contributed by atoms with Crippen LogP contribution in [0.4, 0.5) is 0 Å². The molecule has 136 valence electrons. The summed E-state index contributed by atoms with van der Waals surface area (Å²) in [7, 11) is 3.19. The number of nitrogens with zero attached hydrogens (tertiary/aromatic N) is 4. The number of aryl methyl sites for hydroxylation is 2. The second-order valence-corrected chi connectivity index (χ2v) is 6.77. The third-order valence-corrected chi connectivity index (χ3v) is 5.02. The Morgan fingerprint density at radius 1 is 0.889 bits per heavy atom. The standard InChI is InChI=1S/C21H20N4O2/c1-13-8-5-6-10-15(13)19-18(20(26)24(4)21(27)23(19)3)16-12-25-14(2)9-7-11-17(25)22-16/h5-12H,1-4H3. The lowest BCUT2D eigenvalue weighted by Gasteiger charge is -2.16. The van der Waals surface area contributed by atoms with Crippen LogP contribution in [0.15, 0.2) is 58.3 Å². The number of pyridine rings is 1. The van der Waals surface area contributed by atoms with Gasteiger partial charge in [-0.25, -0.2) is 9.78 Å². The number of hydrogen-bond acceptors (Lipinski definition) is 3. The number of fused-ring (bicyclic) bond motifs is 1. The Morgan fingerprint density at radius 2 is 1.63 bits per heavy atom. The second-order valence-electron chi connectivity index (χ2n) is 6.77. The molecule has 4 rings (SSSR count). The van der Waals surface area contributed by atoms with Gasteiger partial charge in [0.05, 0.1) is 17.0 Å². The van der Waals surface area contributed by atoms with Gasteiger partial charge in [-0.1, -0.05) is 30.3 Å². The normalized spacial score (nSPS) is 11.3. The van der Waals surface area contributed by atoms with Crippen molar-refractivity contribution in [3.05, 3.63) is 80.8 Å². The molecule has 0 N–H and O–H groups in total. The van der Waals surface area contributed by atoms with Crippen LogP contribution in [0.5, 0.6) is 0 Å². The van der Waals surface area contributed by atoms with E-state index in [1.807, 2.05) is 66.9 Å². The molecule has 0 unspecified atom stereocenters. The Hall–Kier alpha value is -3.41. The van der Waals surface area contributed by atoms with Crippen LogP contribution < -0.4 is 11.2 Å². The predicted octanol–water partition coefficient (Wildman–Crippen LogP) is 2.68. The summed E-state index contributed by atoms with van der Waals surface area (Å²) in [5.41, 5.74) is 4.47. The number of aromatic nitrogens is 4. The number of rotatable bonds is 2. The fourth-order valence-electron chi connectivity index (χ4n) is 3.50. The van der Waals surface area contributed by atoms with Crippen LogP contribution in [0.3, 0.4) is 0 Å². The minimum absolute atomic E-state index is 0.350. The van der Waals surface area contributed by atoms with Crippen molar-refractivity contribution < 1.29 is 0 Å². The van der Waals surface area contributed by atoms with E-state index in [1.54, 1.807) is 7.05 Å². The van der Waals surface area contributed by atoms with Gasteiger partial charge in [-0.15, -0.1) is 0 Å². The molecule has 0 amide bonds. The topological polar surface area (TPSA) is 61.3 Å². The molecule has 0 radical (unpaired) electrons. The van der Waals surface area contributed by atoms with Gasteiger partial charge in [-0.05, 0) is 31.5 Å². The van der Waals surface area contributed by atoms with Gasteiger partial charge in [0.1, 0.15) is 5.65 Å². The smallest absolute Gasteiger partial charge is 0.304 e. The van der Waals surface area contributed by atoms with Crippen LogP contribution in [0, 0.1) is 13.8 Å². The molecule has 0 saturated carbocycles. The van der Waals surface area contributed by atoms with Crippen molar-refractivity contribution in [1.29, 1.82) is 0 Å². The van der Waals surface area contributed by atoms with Crippen LogP contribution in [0.1, 0.15) is 11.3 Å². The third-order valence-electron chi connectivity index (χ3n) is 5.02. The van der Waals surface area contributed by atoms with Crippen molar-refractivity contribution in [2.24, 2.45) is 14.1 Å². The van der Waals surface area contributed by atoms with Gasteiger partial charge >= 0.3 is 5.69 Å². The minimum atomic E-state index is -0.359. The Balaban J connectivity index is 2.17. The zero-order valence-electron chi connectivity index (χ0n) is 15.7. The molecule has 0 atom stereocenters. The van der Waals surface area contributed by atoms with Crippen molar-refractivity contribution in [3.63, 3.8) is 0 Å². The first-order valence-electron chi connectivity index (χ1n) is 8.71. The van der Waals surface area contributed by atoms with Crippen LogP contribution in [0.2, 0.25) is 0 Å². The van der Waals surface area contributed by atoms with Crippen molar-refractivity contribution in [2.75, 3.05) is 0 Å². The maximum Gasteiger partial charge on any atom is 0.330 e. The molecule has 0 aliphatic rings.